The third-order valence-corrected chi connectivity index (χ3v) is 2.99. The number of nitrogens with one attached hydrogen (secondary N) is 1. The van der Waals surface area contributed by atoms with Crippen molar-refractivity contribution in [2.75, 3.05) is 19.8 Å². The van der Waals surface area contributed by atoms with Crippen molar-refractivity contribution in [1.82, 2.24) is 5.32 Å². The van der Waals surface area contributed by atoms with Crippen LogP contribution in [-0.2, 0) is 9.53 Å². The Morgan fingerprint density at radius 1 is 1.44 bits per heavy atom. The smallest absolute Gasteiger partial charge is 0.222 e. The number of ether oxygens (including phenoxy) is 1. The van der Waals surface area contributed by atoms with Gasteiger partial charge in [-0.3, -0.25) is 4.79 Å². The zero-order valence-corrected chi connectivity index (χ0v) is 10.2. The van der Waals surface area contributed by atoms with Crippen molar-refractivity contribution in [3.05, 3.63) is 0 Å². The summed E-state index contributed by atoms with van der Waals surface area (Å²) in [5, 5.41) is 2.95. The molecule has 0 radical (unpaired) electrons. The standard InChI is InChI=1S/C12H24N2O2/c1-2-6-16-7-5-12(15)14-9-10-3-4-11(13)8-10/h10-11H,2-9,13H2,1H3,(H,14,15). The Balaban J connectivity index is 1.97. The van der Waals surface area contributed by atoms with E-state index >= 15 is 0 Å². The van der Waals surface area contributed by atoms with Crippen molar-refractivity contribution in [2.45, 2.75) is 45.1 Å². The molecule has 0 heterocycles. The van der Waals surface area contributed by atoms with Crippen molar-refractivity contribution < 1.29 is 9.53 Å². The van der Waals surface area contributed by atoms with E-state index < -0.39 is 0 Å². The molecule has 3 N–H and O–H groups in total. The van der Waals surface area contributed by atoms with E-state index in [1.54, 1.807) is 0 Å². The highest BCUT2D eigenvalue weighted by atomic mass is 16.5. The molecule has 0 bridgehead atoms. The molecule has 1 saturated carbocycles. The monoisotopic (exact) mass is 228 g/mol. The summed E-state index contributed by atoms with van der Waals surface area (Å²) in [5.74, 6) is 0.673. The van der Waals surface area contributed by atoms with Crippen LogP contribution in [0.4, 0.5) is 0 Å². The molecule has 0 aromatic carbocycles. The molecule has 16 heavy (non-hydrogen) atoms. The van der Waals surface area contributed by atoms with Crippen LogP contribution in [0.1, 0.15) is 39.0 Å². The Morgan fingerprint density at radius 3 is 2.88 bits per heavy atom. The molecule has 1 amide bonds. The predicted octanol–water partition coefficient (Wildman–Crippen LogP) is 1.05. The molecule has 1 fully saturated rings. The third kappa shape index (κ3) is 5.47. The van der Waals surface area contributed by atoms with Crippen LogP contribution in [0.3, 0.4) is 0 Å². The average molecular weight is 228 g/mol. The van der Waals surface area contributed by atoms with Crippen LogP contribution >= 0.6 is 0 Å². The van der Waals surface area contributed by atoms with Gasteiger partial charge in [-0.1, -0.05) is 6.92 Å². The maximum atomic E-state index is 11.4. The molecule has 1 aliphatic rings. The second-order valence-corrected chi connectivity index (χ2v) is 4.61. The fraction of sp³-hybridized carbons (Fsp3) is 0.917. The van der Waals surface area contributed by atoms with Gasteiger partial charge in [-0.05, 0) is 31.6 Å². The first-order valence-electron chi connectivity index (χ1n) is 6.32. The lowest BCUT2D eigenvalue weighted by Crippen LogP contribution is -2.29. The number of hydrogen-bond donors (Lipinski definition) is 2. The van der Waals surface area contributed by atoms with E-state index in [1.807, 2.05) is 0 Å². The highest BCUT2D eigenvalue weighted by Gasteiger charge is 2.21. The molecular formula is C12H24N2O2. The average Bonchev–Trinajstić information content (AvgIpc) is 2.68. The number of carbonyl (C=O) groups excluding carboxylic acids is 1. The zero-order valence-electron chi connectivity index (χ0n) is 10.2. The Bertz CT molecular complexity index is 209. The van der Waals surface area contributed by atoms with Gasteiger partial charge in [-0.15, -0.1) is 0 Å². The first-order valence-corrected chi connectivity index (χ1v) is 6.32. The molecule has 94 valence electrons. The number of amides is 1. The topological polar surface area (TPSA) is 64.3 Å². The van der Waals surface area contributed by atoms with Crippen LogP contribution < -0.4 is 11.1 Å². The maximum Gasteiger partial charge on any atom is 0.222 e. The maximum absolute atomic E-state index is 11.4. The minimum atomic E-state index is 0.0941. The molecule has 1 aliphatic carbocycles. The summed E-state index contributed by atoms with van der Waals surface area (Å²) in [5.41, 5.74) is 5.81. The van der Waals surface area contributed by atoms with E-state index in [9.17, 15) is 4.79 Å². The summed E-state index contributed by atoms with van der Waals surface area (Å²) in [6, 6.07) is 0.342. The molecule has 2 atom stereocenters. The lowest BCUT2D eigenvalue weighted by molar-refractivity contribution is -0.122. The van der Waals surface area contributed by atoms with Gasteiger partial charge in [0.1, 0.15) is 0 Å². The second-order valence-electron chi connectivity index (χ2n) is 4.61. The van der Waals surface area contributed by atoms with Crippen LogP contribution in [0.5, 0.6) is 0 Å². The van der Waals surface area contributed by atoms with Gasteiger partial charge in [0.2, 0.25) is 5.91 Å². The summed E-state index contributed by atoms with van der Waals surface area (Å²) >= 11 is 0. The minimum absolute atomic E-state index is 0.0941. The Labute approximate surface area is 97.9 Å². The molecule has 2 unspecified atom stereocenters. The Morgan fingerprint density at radius 2 is 2.25 bits per heavy atom. The van der Waals surface area contributed by atoms with Gasteiger partial charge in [0.05, 0.1) is 6.61 Å². The van der Waals surface area contributed by atoms with E-state index in [1.165, 1.54) is 0 Å². The van der Waals surface area contributed by atoms with Gasteiger partial charge < -0.3 is 15.8 Å². The largest absolute Gasteiger partial charge is 0.381 e. The van der Waals surface area contributed by atoms with Gasteiger partial charge in [-0.25, -0.2) is 0 Å². The lowest BCUT2D eigenvalue weighted by Gasteiger charge is -2.11. The second kappa shape index (κ2) is 7.63. The van der Waals surface area contributed by atoms with Crippen molar-refractivity contribution in [1.29, 1.82) is 0 Å². The van der Waals surface area contributed by atoms with Gasteiger partial charge in [-0.2, -0.15) is 0 Å². The van der Waals surface area contributed by atoms with Crippen LogP contribution in [-0.4, -0.2) is 31.7 Å². The summed E-state index contributed by atoms with van der Waals surface area (Å²) < 4.78 is 5.26. The first-order chi connectivity index (χ1) is 7.72. The van der Waals surface area contributed by atoms with Crippen molar-refractivity contribution in [3.63, 3.8) is 0 Å². The minimum Gasteiger partial charge on any atom is -0.381 e. The molecule has 0 aromatic rings. The molecule has 0 saturated heterocycles. The summed E-state index contributed by atoms with van der Waals surface area (Å²) in [4.78, 5) is 11.4. The van der Waals surface area contributed by atoms with Crippen molar-refractivity contribution in [2.24, 2.45) is 11.7 Å². The lowest BCUT2D eigenvalue weighted by atomic mass is 10.1. The van der Waals surface area contributed by atoms with E-state index in [0.717, 1.165) is 38.8 Å². The molecule has 0 aliphatic heterocycles. The van der Waals surface area contributed by atoms with Crippen LogP contribution in [0.25, 0.3) is 0 Å². The fourth-order valence-electron chi connectivity index (χ4n) is 2.06. The third-order valence-electron chi connectivity index (χ3n) is 2.99. The summed E-state index contributed by atoms with van der Waals surface area (Å²) in [7, 11) is 0. The van der Waals surface area contributed by atoms with E-state index in [4.69, 9.17) is 10.5 Å². The van der Waals surface area contributed by atoms with E-state index in [0.29, 0.717) is 25.0 Å². The number of nitrogens with two attached hydrogens (primary N) is 1. The van der Waals surface area contributed by atoms with E-state index in [2.05, 4.69) is 12.2 Å². The van der Waals surface area contributed by atoms with Crippen LogP contribution in [0.15, 0.2) is 0 Å². The molecule has 1 rings (SSSR count). The normalized spacial score (nSPS) is 24.6. The molecule has 0 spiro atoms. The Hall–Kier alpha value is -0.610. The summed E-state index contributed by atoms with van der Waals surface area (Å²) in [6.07, 6.45) is 4.76. The summed E-state index contributed by atoms with van der Waals surface area (Å²) in [6.45, 7) is 4.11. The molecular weight excluding hydrogens is 204 g/mol. The SMILES string of the molecule is CCCOCCC(=O)NCC1CCC(N)C1. The quantitative estimate of drug-likeness (QED) is 0.640. The first kappa shape index (κ1) is 13.5. The van der Waals surface area contributed by atoms with Gasteiger partial charge in [0, 0.05) is 25.6 Å². The fourth-order valence-corrected chi connectivity index (χ4v) is 2.06. The number of carbonyl (C=O) groups is 1. The van der Waals surface area contributed by atoms with Gasteiger partial charge >= 0.3 is 0 Å². The molecule has 0 aromatic heterocycles. The van der Waals surface area contributed by atoms with Crippen LogP contribution in [0.2, 0.25) is 0 Å². The highest BCUT2D eigenvalue weighted by molar-refractivity contribution is 5.75. The van der Waals surface area contributed by atoms with Crippen LogP contribution in [0, 0.1) is 5.92 Å². The van der Waals surface area contributed by atoms with Crippen molar-refractivity contribution >= 4 is 5.91 Å². The van der Waals surface area contributed by atoms with Gasteiger partial charge in [0.15, 0.2) is 0 Å². The Kier molecular flexibility index (Phi) is 6.42. The zero-order chi connectivity index (χ0) is 11.8. The highest BCUT2D eigenvalue weighted by Crippen LogP contribution is 2.22. The molecule has 4 nitrogen and oxygen atoms in total. The number of hydrogen-bond acceptors (Lipinski definition) is 3. The number of rotatable bonds is 7. The van der Waals surface area contributed by atoms with Gasteiger partial charge in [0.25, 0.3) is 0 Å². The predicted molar refractivity (Wildman–Crippen MR) is 64.1 cm³/mol. The van der Waals surface area contributed by atoms with E-state index in [-0.39, 0.29) is 5.91 Å². The van der Waals surface area contributed by atoms with Crippen molar-refractivity contribution in [3.8, 4) is 0 Å². The molecule has 4 heteroatoms.